The summed E-state index contributed by atoms with van der Waals surface area (Å²) in [5, 5.41) is 11.4. The van der Waals surface area contributed by atoms with Crippen molar-refractivity contribution < 1.29 is 9.66 Å². The molecule has 5 atom stereocenters. The van der Waals surface area contributed by atoms with Gasteiger partial charge in [0.25, 0.3) is 0 Å². The summed E-state index contributed by atoms with van der Waals surface area (Å²) in [5.41, 5.74) is 0.940. The number of anilines is 1. The lowest BCUT2D eigenvalue weighted by atomic mass is 9.88. The molecule has 2 heterocycles. The van der Waals surface area contributed by atoms with Gasteiger partial charge >= 0.3 is 5.69 Å². The number of nitro groups is 1. The lowest BCUT2D eigenvalue weighted by molar-refractivity contribution is -0.384. The molecular weight excluding hydrogens is 270 g/mol. The van der Waals surface area contributed by atoms with Gasteiger partial charge in [-0.3, -0.25) is 10.1 Å². The van der Waals surface area contributed by atoms with Crippen molar-refractivity contribution in [2.75, 3.05) is 18.6 Å². The molecule has 1 aromatic heterocycles. The molecule has 2 saturated carbocycles. The van der Waals surface area contributed by atoms with Gasteiger partial charge in [0.05, 0.1) is 17.1 Å². The van der Waals surface area contributed by atoms with Gasteiger partial charge in [-0.05, 0) is 43.1 Å². The van der Waals surface area contributed by atoms with E-state index in [-0.39, 0.29) is 22.8 Å². The topological polar surface area (TPSA) is 68.5 Å². The summed E-state index contributed by atoms with van der Waals surface area (Å²) >= 11 is 0. The average molecular weight is 289 g/mol. The molecule has 21 heavy (non-hydrogen) atoms. The number of fused-ring (bicyclic) bond motifs is 1. The van der Waals surface area contributed by atoms with Crippen LogP contribution in [0.15, 0.2) is 12.3 Å². The van der Waals surface area contributed by atoms with E-state index in [0.717, 1.165) is 12.1 Å². The molecule has 4 rings (SSSR count). The second kappa shape index (κ2) is 4.40. The molecule has 2 aliphatic carbocycles. The second-order valence-corrected chi connectivity index (χ2v) is 6.61. The zero-order valence-corrected chi connectivity index (χ0v) is 12.2. The van der Waals surface area contributed by atoms with Crippen LogP contribution in [0.5, 0.6) is 0 Å². The number of hydrogen-bond acceptors (Lipinski definition) is 5. The molecule has 1 aromatic rings. The summed E-state index contributed by atoms with van der Waals surface area (Å²) in [6.45, 7) is 2.71. The van der Waals surface area contributed by atoms with Gasteiger partial charge in [-0.2, -0.15) is 0 Å². The Morgan fingerprint density at radius 1 is 1.43 bits per heavy atom. The maximum Gasteiger partial charge on any atom is 0.311 e. The van der Waals surface area contributed by atoms with Crippen LogP contribution >= 0.6 is 0 Å². The Morgan fingerprint density at radius 3 is 2.95 bits per heavy atom. The van der Waals surface area contributed by atoms with Crippen LogP contribution < -0.4 is 4.90 Å². The predicted octanol–water partition coefficient (Wildman–Crippen LogP) is 2.16. The Kier molecular flexibility index (Phi) is 2.73. The molecular formula is C15H19N3O3. The third-order valence-electron chi connectivity index (χ3n) is 5.54. The van der Waals surface area contributed by atoms with Crippen LogP contribution in [0.25, 0.3) is 0 Å². The van der Waals surface area contributed by atoms with Crippen LogP contribution in [0.3, 0.4) is 0 Å². The lowest BCUT2D eigenvalue weighted by Crippen LogP contribution is -2.42. The van der Waals surface area contributed by atoms with Crippen molar-refractivity contribution >= 4 is 11.5 Å². The minimum atomic E-state index is -0.316. The summed E-state index contributed by atoms with van der Waals surface area (Å²) < 4.78 is 5.71. The lowest BCUT2D eigenvalue weighted by Gasteiger charge is -2.31. The highest BCUT2D eigenvalue weighted by Gasteiger charge is 2.60. The fourth-order valence-electron chi connectivity index (χ4n) is 4.87. The van der Waals surface area contributed by atoms with E-state index in [2.05, 4.69) is 9.88 Å². The number of aromatic nitrogens is 1. The monoisotopic (exact) mass is 289 g/mol. The van der Waals surface area contributed by atoms with Crippen molar-refractivity contribution in [3.8, 4) is 0 Å². The molecule has 1 aliphatic heterocycles. The molecule has 0 amide bonds. The van der Waals surface area contributed by atoms with Gasteiger partial charge in [-0.25, -0.2) is 4.98 Å². The van der Waals surface area contributed by atoms with Crippen LogP contribution in [0, 0.1) is 34.8 Å². The molecule has 0 spiro atoms. The highest BCUT2D eigenvalue weighted by Crippen LogP contribution is 2.57. The number of nitrogens with zero attached hydrogens (tertiary/aromatic N) is 3. The Labute approximate surface area is 123 Å². The number of ether oxygens (including phenoxy) is 1. The molecule has 3 aliphatic rings. The molecule has 0 N–H and O–H groups in total. The third kappa shape index (κ3) is 1.71. The van der Waals surface area contributed by atoms with Gasteiger partial charge in [0, 0.05) is 25.9 Å². The fraction of sp³-hybridized carbons (Fsp3) is 0.667. The number of rotatable bonds is 3. The van der Waals surface area contributed by atoms with E-state index in [1.165, 1.54) is 12.8 Å². The summed E-state index contributed by atoms with van der Waals surface area (Å²) in [6, 6.07) is 1.88. The van der Waals surface area contributed by atoms with Gasteiger partial charge in [-0.1, -0.05) is 0 Å². The first-order valence-corrected chi connectivity index (χ1v) is 7.50. The second-order valence-electron chi connectivity index (χ2n) is 6.61. The first kappa shape index (κ1) is 13.0. The van der Waals surface area contributed by atoms with Gasteiger partial charge < -0.3 is 9.64 Å². The van der Waals surface area contributed by atoms with E-state index in [4.69, 9.17) is 4.74 Å². The van der Waals surface area contributed by atoms with Gasteiger partial charge in [0.2, 0.25) is 5.82 Å². The van der Waals surface area contributed by atoms with E-state index in [0.29, 0.717) is 23.6 Å². The summed E-state index contributed by atoms with van der Waals surface area (Å²) in [4.78, 5) is 17.6. The number of aryl methyl sites for hydroxylation is 1. The summed E-state index contributed by atoms with van der Waals surface area (Å²) in [6.07, 6.45) is 4.30. The molecule has 5 unspecified atom stereocenters. The Balaban J connectivity index is 1.76. The summed E-state index contributed by atoms with van der Waals surface area (Å²) in [7, 11) is 1.76. The van der Waals surface area contributed by atoms with Crippen molar-refractivity contribution in [3.63, 3.8) is 0 Å². The van der Waals surface area contributed by atoms with Crippen LogP contribution in [0.2, 0.25) is 0 Å². The van der Waals surface area contributed by atoms with E-state index in [1.807, 2.05) is 6.92 Å². The molecule has 0 aromatic carbocycles. The third-order valence-corrected chi connectivity index (χ3v) is 5.54. The largest absolute Gasteiger partial charge is 0.379 e. The van der Waals surface area contributed by atoms with Crippen molar-refractivity contribution in [1.29, 1.82) is 0 Å². The van der Waals surface area contributed by atoms with E-state index in [1.54, 1.807) is 19.4 Å². The molecule has 6 heteroatoms. The maximum atomic E-state index is 11.4. The van der Waals surface area contributed by atoms with Crippen molar-refractivity contribution in [1.82, 2.24) is 4.98 Å². The highest BCUT2D eigenvalue weighted by atomic mass is 16.6. The summed E-state index contributed by atoms with van der Waals surface area (Å²) in [5.74, 6) is 2.40. The minimum absolute atomic E-state index is 0.120. The number of methoxy groups -OCH3 is 1. The van der Waals surface area contributed by atoms with Gasteiger partial charge in [0.15, 0.2) is 0 Å². The van der Waals surface area contributed by atoms with Crippen molar-refractivity contribution in [2.45, 2.75) is 31.9 Å². The molecule has 2 bridgehead atoms. The molecule has 112 valence electrons. The first-order valence-electron chi connectivity index (χ1n) is 7.50. The smallest absolute Gasteiger partial charge is 0.311 e. The van der Waals surface area contributed by atoms with E-state index < -0.39 is 0 Å². The van der Waals surface area contributed by atoms with Gasteiger partial charge in [0.1, 0.15) is 0 Å². The molecule has 0 radical (unpaired) electrons. The van der Waals surface area contributed by atoms with Crippen LogP contribution in [-0.2, 0) is 4.74 Å². The van der Waals surface area contributed by atoms with Gasteiger partial charge in [-0.15, -0.1) is 0 Å². The van der Waals surface area contributed by atoms with E-state index in [9.17, 15) is 10.1 Å². The quantitative estimate of drug-likeness (QED) is 0.630. The molecule has 3 fully saturated rings. The van der Waals surface area contributed by atoms with Crippen LogP contribution in [0.1, 0.15) is 18.4 Å². The minimum Gasteiger partial charge on any atom is -0.379 e. The van der Waals surface area contributed by atoms with Crippen LogP contribution in [0.4, 0.5) is 11.5 Å². The van der Waals surface area contributed by atoms with Crippen molar-refractivity contribution in [3.05, 3.63) is 27.9 Å². The molecule has 6 nitrogen and oxygen atoms in total. The zero-order chi connectivity index (χ0) is 14.7. The predicted molar refractivity (Wildman–Crippen MR) is 77.3 cm³/mol. The van der Waals surface area contributed by atoms with E-state index >= 15 is 0 Å². The molecule has 1 saturated heterocycles. The standard InChI is InChI=1S/C15H19N3O3/c1-8-3-12(18(19)20)15(16-6-8)17-7-10-4-9-5-11(10)13(17)14(9)21-2/h3,6,9-11,13-14H,4-5,7H2,1-2H3. The maximum absolute atomic E-state index is 11.4. The average Bonchev–Trinajstić information content (AvgIpc) is 3.06. The SMILES string of the molecule is COC1C2CC3CN(c4ncc(C)cc4[N+](=O)[O-])C1C3C2. The Bertz CT molecular complexity index is 604. The fourth-order valence-corrected chi connectivity index (χ4v) is 4.87. The Morgan fingerprint density at radius 2 is 2.24 bits per heavy atom. The number of pyridine rings is 1. The highest BCUT2D eigenvalue weighted by molar-refractivity contribution is 5.61. The van der Waals surface area contributed by atoms with Crippen LogP contribution in [-0.4, -0.2) is 35.7 Å². The first-order chi connectivity index (χ1) is 10.1. The zero-order valence-electron chi connectivity index (χ0n) is 12.2. The van der Waals surface area contributed by atoms with Crippen molar-refractivity contribution in [2.24, 2.45) is 17.8 Å². The normalized spacial score (nSPS) is 36.5. The Hall–Kier alpha value is -1.69. The number of hydrogen-bond donors (Lipinski definition) is 0.